The Labute approximate surface area is 57.5 Å². The molecule has 0 atom stereocenters. The van der Waals surface area contributed by atoms with Crippen LogP contribution in [0, 0.1) is 0 Å². The van der Waals surface area contributed by atoms with E-state index in [2.05, 4.69) is 13.8 Å². The number of aliphatic hydroxyl groups excluding tert-OH is 1. The van der Waals surface area contributed by atoms with Gasteiger partial charge in [0, 0.05) is 0 Å². The van der Waals surface area contributed by atoms with Crippen LogP contribution in [0.25, 0.3) is 0 Å². The van der Waals surface area contributed by atoms with Crippen molar-refractivity contribution in [3.8, 4) is 0 Å². The van der Waals surface area contributed by atoms with Gasteiger partial charge in [0.1, 0.15) is 0 Å². The molecule has 0 aliphatic heterocycles. The van der Waals surface area contributed by atoms with Gasteiger partial charge in [0.25, 0.3) is 0 Å². The van der Waals surface area contributed by atoms with Crippen molar-refractivity contribution in [1.82, 2.24) is 0 Å². The van der Waals surface area contributed by atoms with Crippen LogP contribution in [-0.2, 0) is 0 Å². The largest absolute Gasteiger partial charge is 0.368 e. The van der Waals surface area contributed by atoms with Crippen LogP contribution in [0.4, 0.5) is 0 Å². The highest BCUT2D eigenvalue weighted by Gasteiger charge is 1.83. The molecule has 2 heteroatoms. The van der Waals surface area contributed by atoms with Crippen LogP contribution >= 0.6 is 0 Å². The van der Waals surface area contributed by atoms with E-state index < -0.39 is 6.29 Å². The maximum Gasteiger partial charge on any atom is 0.151 e. The van der Waals surface area contributed by atoms with Gasteiger partial charge in [0.2, 0.25) is 0 Å². The second kappa shape index (κ2) is 10.8. The number of hydrogen-bond acceptors (Lipinski definition) is 2. The first-order valence-electron chi connectivity index (χ1n) is 3.55. The molecule has 0 heterocycles. The molecule has 2 nitrogen and oxygen atoms in total. The molecule has 0 aromatic carbocycles. The first-order chi connectivity index (χ1) is 4.18. The van der Waals surface area contributed by atoms with Crippen molar-refractivity contribution >= 4 is 0 Å². The highest BCUT2D eigenvalue weighted by Crippen LogP contribution is 1.77. The third-order valence-electron chi connectivity index (χ3n) is 0.865. The predicted molar refractivity (Wildman–Crippen MR) is 39.1 cm³/mol. The molecule has 0 fully saturated rings. The van der Waals surface area contributed by atoms with Gasteiger partial charge in [-0.2, -0.15) is 0 Å². The minimum absolute atomic E-state index is 0.417. The van der Waals surface area contributed by atoms with Crippen LogP contribution in [0.3, 0.4) is 0 Å². The molecule has 2 N–H and O–H groups in total. The normalized spacial score (nSPS) is 8.67. The average Bonchev–Trinajstić information content (AvgIpc) is 1.89. The monoisotopic (exact) mass is 134 g/mol. The minimum atomic E-state index is -1.12. The maximum atomic E-state index is 7.92. The van der Waals surface area contributed by atoms with E-state index in [1.807, 2.05) is 0 Å². The van der Waals surface area contributed by atoms with E-state index in [1.54, 1.807) is 6.92 Å². The maximum absolute atomic E-state index is 7.92. The fourth-order valence-corrected chi connectivity index (χ4v) is 0. The van der Waals surface area contributed by atoms with Crippen molar-refractivity contribution in [2.24, 2.45) is 0 Å². The van der Waals surface area contributed by atoms with Gasteiger partial charge in [0.05, 0.1) is 0 Å². The highest BCUT2D eigenvalue weighted by molar-refractivity contribution is 4.21. The van der Waals surface area contributed by atoms with Crippen LogP contribution < -0.4 is 0 Å². The molecule has 0 aliphatic rings. The summed E-state index contributed by atoms with van der Waals surface area (Å²) in [5.41, 5.74) is 0. The summed E-state index contributed by atoms with van der Waals surface area (Å²) in [5, 5.41) is 15.8. The van der Waals surface area contributed by atoms with Gasteiger partial charge in [-0.1, -0.05) is 33.6 Å². The van der Waals surface area contributed by atoms with Gasteiger partial charge in [-0.15, -0.1) is 0 Å². The van der Waals surface area contributed by atoms with Crippen LogP contribution in [0.2, 0.25) is 0 Å². The lowest BCUT2D eigenvalue weighted by Crippen LogP contribution is -1.99. The zero-order valence-corrected chi connectivity index (χ0v) is 6.59. The topological polar surface area (TPSA) is 40.5 Å². The van der Waals surface area contributed by atoms with Gasteiger partial charge in [-0.25, -0.2) is 0 Å². The lowest BCUT2D eigenvalue weighted by atomic mass is 10.4. The summed E-state index contributed by atoms with van der Waals surface area (Å²) < 4.78 is 0. The lowest BCUT2D eigenvalue weighted by molar-refractivity contribution is -0.0413. The Hall–Kier alpha value is -0.0800. The number of unbranched alkanes of at least 4 members (excludes halogenated alkanes) is 1. The van der Waals surface area contributed by atoms with Crippen LogP contribution in [0.5, 0.6) is 0 Å². The fourth-order valence-electron chi connectivity index (χ4n) is 0. The van der Waals surface area contributed by atoms with Crippen molar-refractivity contribution < 1.29 is 10.2 Å². The summed E-state index contributed by atoms with van der Waals surface area (Å²) in [6.07, 6.45) is 1.94. The Balaban J connectivity index is 0. The minimum Gasteiger partial charge on any atom is -0.368 e. The van der Waals surface area contributed by atoms with E-state index in [1.165, 1.54) is 12.8 Å². The molecule has 0 aromatic rings. The summed E-state index contributed by atoms with van der Waals surface area (Å²) >= 11 is 0. The zero-order chi connectivity index (χ0) is 7.70. The molecule has 9 heavy (non-hydrogen) atoms. The molecule has 0 unspecified atom stereocenters. The smallest absolute Gasteiger partial charge is 0.151 e. The first-order valence-corrected chi connectivity index (χ1v) is 3.55. The molecule has 58 valence electrons. The Morgan fingerprint density at radius 3 is 1.22 bits per heavy atom. The molecule has 0 bridgehead atoms. The standard InChI is InChI=1S/C4H10.C3H8O2/c1-3-4-2;1-2-3(4)5/h3-4H2,1-2H3;3-5H,2H2,1H3. The quantitative estimate of drug-likeness (QED) is 0.562. The molecule has 0 radical (unpaired) electrons. The molecule has 0 spiro atoms. The summed E-state index contributed by atoms with van der Waals surface area (Å²) in [5.74, 6) is 0. The van der Waals surface area contributed by atoms with E-state index in [9.17, 15) is 0 Å². The summed E-state index contributed by atoms with van der Waals surface area (Å²) in [6, 6.07) is 0. The summed E-state index contributed by atoms with van der Waals surface area (Å²) in [7, 11) is 0. The van der Waals surface area contributed by atoms with Crippen LogP contribution in [-0.4, -0.2) is 16.5 Å². The number of hydrogen-bond donors (Lipinski definition) is 2. The third kappa shape index (κ3) is 32.6. The van der Waals surface area contributed by atoms with Gasteiger partial charge in [-0.3, -0.25) is 0 Å². The fraction of sp³-hybridized carbons (Fsp3) is 1.00. The second-order valence-electron chi connectivity index (χ2n) is 1.89. The molecular weight excluding hydrogens is 116 g/mol. The average molecular weight is 134 g/mol. The van der Waals surface area contributed by atoms with E-state index in [0.29, 0.717) is 6.42 Å². The Morgan fingerprint density at radius 1 is 1.00 bits per heavy atom. The van der Waals surface area contributed by atoms with Crippen molar-refractivity contribution in [2.75, 3.05) is 0 Å². The molecule has 0 amide bonds. The predicted octanol–water partition coefficient (Wildman–Crippen LogP) is 1.51. The number of aliphatic hydroxyl groups is 2. The molecule has 0 aliphatic carbocycles. The number of rotatable bonds is 2. The van der Waals surface area contributed by atoms with E-state index in [0.717, 1.165) is 0 Å². The molecular formula is C7H18O2. The van der Waals surface area contributed by atoms with E-state index in [4.69, 9.17) is 10.2 Å². The Kier molecular flexibility index (Phi) is 14.0. The Morgan fingerprint density at radius 2 is 1.22 bits per heavy atom. The van der Waals surface area contributed by atoms with Crippen LogP contribution in [0.1, 0.15) is 40.0 Å². The van der Waals surface area contributed by atoms with Crippen molar-refractivity contribution in [2.45, 2.75) is 46.3 Å². The molecule has 0 saturated heterocycles. The second-order valence-corrected chi connectivity index (χ2v) is 1.89. The van der Waals surface area contributed by atoms with E-state index >= 15 is 0 Å². The van der Waals surface area contributed by atoms with Gasteiger partial charge in [-0.05, 0) is 6.42 Å². The zero-order valence-electron chi connectivity index (χ0n) is 6.59. The van der Waals surface area contributed by atoms with Gasteiger partial charge in [0.15, 0.2) is 6.29 Å². The summed E-state index contributed by atoms with van der Waals surface area (Å²) in [6.45, 7) is 6.06. The first kappa shape index (κ1) is 11.7. The van der Waals surface area contributed by atoms with Crippen molar-refractivity contribution in [3.05, 3.63) is 0 Å². The van der Waals surface area contributed by atoms with Gasteiger partial charge < -0.3 is 10.2 Å². The third-order valence-corrected chi connectivity index (χ3v) is 0.865. The van der Waals surface area contributed by atoms with Gasteiger partial charge >= 0.3 is 0 Å². The molecule has 0 saturated carbocycles. The SMILES string of the molecule is CCC(O)O.CCCC. The Bertz CT molecular complexity index is 33.9. The molecule has 0 aromatic heterocycles. The molecule has 0 rings (SSSR count). The summed E-state index contributed by atoms with van der Waals surface area (Å²) in [4.78, 5) is 0. The van der Waals surface area contributed by atoms with Crippen molar-refractivity contribution in [3.63, 3.8) is 0 Å². The van der Waals surface area contributed by atoms with Crippen molar-refractivity contribution in [1.29, 1.82) is 0 Å². The lowest BCUT2D eigenvalue weighted by Gasteiger charge is -1.90. The van der Waals surface area contributed by atoms with Crippen LogP contribution in [0.15, 0.2) is 0 Å². The highest BCUT2D eigenvalue weighted by atomic mass is 16.5. The van der Waals surface area contributed by atoms with E-state index in [-0.39, 0.29) is 0 Å².